The number of nitrogens with two attached hydrogens (primary N) is 5. The number of benzene rings is 5. The standard InChI is InChI=1S/C97H135N23O24/c1-52(2)39-70(87(134)109-68(34-35-80(101)126)85(132)107-66(23-12-14-36-98)83(130)113-72(41-54-17-6-5-7-18-54)90(137)120-79(51-123)95(142)117-75(44-57-47-105-64-21-10-8-19-61(57)64)91(138)110-69(96(143)144)25-16-38-104-97(102)103)111-88(135)73(42-55-26-30-59(124)31-27-55)114-92(139)76(45-58-48-106-65-22-11-9-20-62(58)65)116-89(136)74(43-56-28-32-60(125)33-29-56)115-94(141)78(50-122)119-84(131)67(24-13-15-37-99)108-86(133)71(40-53(3)4)112-93(140)77(49-121)118-82(129)63(100)46-81(127)128/h5-11,17-22,26-33,47-48,52-53,63,66-79,105-106,121-125H,12-16,23-25,34-46,49-51,98-100H2,1-4H3,(H2,101,126)(H,107,132)(H,108,133)(H,109,134)(H,110,138)(H,111,135)(H,112,140)(H,113,130)(H,114,139)(H,115,141)(H,116,136)(H,117,142)(H,118,129)(H,119,131)(H,120,137)(H,127,128)(H,143,144)(H4,102,103,104)/t63-,66-,67-,68-,69-,70-,71-,72-,73-,74-,75-,76-,77-,78-,79-/m0/s1. The number of hydrogen-bond acceptors (Lipinski definition) is 26. The number of rotatable bonds is 63. The molecule has 0 aliphatic rings. The van der Waals surface area contributed by atoms with E-state index in [-0.39, 0.29) is 120 Å². The van der Waals surface area contributed by atoms with E-state index in [0.717, 1.165) is 0 Å². The second-order valence-electron chi connectivity index (χ2n) is 35.8. The number of aliphatic hydroxyl groups excluding tert-OH is 3. The van der Waals surface area contributed by atoms with Crippen molar-refractivity contribution in [2.45, 2.75) is 234 Å². The minimum absolute atomic E-state index is 0.0848. The highest BCUT2D eigenvalue weighted by Crippen LogP contribution is 2.24. The molecular formula is C97H135N23O24. The summed E-state index contributed by atoms with van der Waals surface area (Å²) in [6.45, 7) is 3.81. The van der Waals surface area contributed by atoms with Gasteiger partial charge in [0, 0.05) is 79.3 Å². The zero-order chi connectivity index (χ0) is 106. The topological polar surface area (TPSA) is 798 Å². The van der Waals surface area contributed by atoms with Crippen molar-refractivity contribution in [3.63, 3.8) is 0 Å². The summed E-state index contributed by atoms with van der Waals surface area (Å²) in [6, 6.07) is 7.91. The number of nitrogens with one attached hydrogen (secondary N) is 18. The predicted octanol–water partition coefficient (Wildman–Crippen LogP) is -3.90. The number of primary amides is 1. The lowest BCUT2D eigenvalue weighted by Gasteiger charge is -2.29. The summed E-state index contributed by atoms with van der Waals surface area (Å²) in [5, 5.41) is 119. The van der Waals surface area contributed by atoms with Gasteiger partial charge in [-0.15, -0.1) is 0 Å². The fraction of sp³-hybridized carbons (Fsp3) is 0.464. The molecule has 0 unspecified atom stereocenters. The van der Waals surface area contributed by atoms with Crippen LogP contribution in [0.15, 0.2) is 140 Å². The number of carboxylic acids is 2. The number of carbonyl (C=O) groups excluding carboxylic acids is 15. The van der Waals surface area contributed by atoms with Crippen LogP contribution in [0, 0.1) is 17.2 Å². The van der Waals surface area contributed by atoms with Gasteiger partial charge < -0.3 is 154 Å². The highest BCUT2D eigenvalue weighted by atomic mass is 16.4. The number of aromatic hydroxyl groups is 2. The molecule has 7 rings (SSSR count). The fourth-order valence-corrected chi connectivity index (χ4v) is 15.6. The zero-order valence-electron chi connectivity index (χ0n) is 80.5. The monoisotopic (exact) mass is 2010 g/mol. The number of carbonyl (C=O) groups is 17. The van der Waals surface area contributed by atoms with E-state index in [1.807, 2.05) is 0 Å². The van der Waals surface area contributed by atoms with E-state index >= 15 is 28.8 Å². The third-order valence-corrected chi connectivity index (χ3v) is 23.3. The first-order chi connectivity index (χ1) is 68.6. The van der Waals surface area contributed by atoms with Crippen molar-refractivity contribution in [1.29, 1.82) is 5.41 Å². The predicted molar refractivity (Wildman–Crippen MR) is 526 cm³/mol. The molecule has 5 aromatic carbocycles. The van der Waals surface area contributed by atoms with E-state index < -0.39 is 249 Å². The van der Waals surface area contributed by atoms with E-state index in [4.69, 9.17) is 39.2 Å². The lowest BCUT2D eigenvalue weighted by Crippen LogP contribution is -2.62. The summed E-state index contributed by atoms with van der Waals surface area (Å²) in [4.78, 5) is 248. The second kappa shape index (κ2) is 58.9. The van der Waals surface area contributed by atoms with Crippen LogP contribution in [-0.4, -0.2) is 282 Å². The maximum Gasteiger partial charge on any atom is 0.326 e. The maximum absolute atomic E-state index is 15.6. The number of aliphatic carboxylic acids is 2. The van der Waals surface area contributed by atoms with Crippen molar-refractivity contribution < 1.29 is 117 Å². The maximum atomic E-state index is 15.6. The fourth-order valence-electron chi connectivity index (χ4n) is 15.6. The van der Waals surface area contributed by atoms with Crippen LogP contribution in [0.5, 0.6) is 11.5 Å². The Morgan fingerprint density at radius 1 is 0.340 bits per heavy atom. The summed E-state index contributed by atoms with van der Waals surface area (Å²) in [5.74, 6) is -20.3. The molecule has 0 radical (unpaired) electrons. The van der Waals surface area contributed by atoms with Crippen molar-refractivity contribution in [1.82, 2.24) is 89.7 Å². The number of hydrogen-bond donors (Lipinski definition) is 30. The highest BCUT2D eigenvalue weighted by molar-refractivity contribution is 6.02. The Labute approximate surface area is 829 Å². The number of amides is 15. The van der Waals surface area contributed by atoms with Gasteiger partial charge in [0.25, 0.3) is 0 Å². The third kappa shape index (κ3) is 38.3. The molecule has 0 saturated heterocycles. The number of phenols is 2. The summed E-state index contributed by atoms with van der Waals surface area (Å²) < 4.78 is 0. The molecule has 782 valence electrons. The van der Waals surface area contributed by atoms with Crippen LogP contribution in [0.25, 0.3) is 21.8 Å². The van der Waals surface area contributed by atoms with Crippen LogP contribution in [0.2, 0.25) is 0 Å². The smallest absolute Gasteiger partial charge is 0.326 e. The van der Waals surface area contributed by atoms with E-state index in [1.54, 1.807) is 119 Å². The molecule has 0 aliphatic heterocycles. The Kier molecular flexibility index (Phi) is 47.3. The molecule has 35 N–H and O–H groups in total. The number of phenolic OH excluding ortho intramolecular Hbond substituents is 2. The van der Waals surface area contributed by atoms with Gasteiger partial charge >= 0.3 is 11.9 Å². The lowest BCUT2D eigenvalue weighted by molar-refractivity contribution is -0.142. The van der Waals surface area contributed by atoms with E-state index in [2.05, 4.69) is 89.7 Å². The minimum Gasteiger partial charge on any atom is -0.508 e. The number of fused-ring (bicyclic) bond motifs is 2. The molecule has 0 saturated carbocycles. The Balaban J connectivity index is 1.15. The molecule has 15 amide bonds. The highest BCUT2D eigenvalue weighted by Gasteiger charge is 2.40. The van der Waals surface area contributed by atoms with Crippen molar-refractivity contribution in [2.75, 3.05) is 39.5 Å². The first kappa shape index (κ1) is 116. The van der Waals surface area contributed by atoms with Crippen LogP contribution < -0.4 is 108 Å². The number of aromatic nitrogens is 2. The Bertz CT molecular complexity index is 5510. The van der Waals surface area contributed by atoms with Crippen molar-refractivity contribution in [2.24, 2.45) is 40.5 Å². The lowest BCUT2D eigenvalue weighted by atomic mass is 9.99. The van der Waals surface area contributed by atoms with Crippen molar-refractivity contribution in [3.05, 3.63) is 168 Å². The third-order valence-electron chi connectivity index (χ3n) is 23.3. The van der Waals surface area contributed by atoms with Crippen molar-refractivity contribution in [3.8, 4) is 11.5 Å². The Morgan fingerprint density at radius 2 is 0.632 bits per heavy atom. The first-order valence-corrected chi connectivity index (χ1v) is 47.4. The van der Waals surface area contributed by atoms with Gasteiger partial charge in [-0.3, -0.25) is 82.1 Å². The van der Waals surface area contributed by atoms with Crippen LogP contribution in [0.4, 0.5) is 0 Å². The van der Waals surface area contributed by atoms with Gasteiger partial charge in [0.1, 0.15) is 96.1 Å². The summed E-state index contributed by atoms with van der Waals surface area (Å²) in [7, 11) is 0. The second-order valence-corrected chi connectivity index (χ2v) is 35.8. The number of H-pyrrole nitrogens is 2. The summed E-state index contributed by atoms with van der Waals surface area (Å²) in [5.41, 5.74) is 31.7. The molecule has 2 aromatic heterocycles. The average Bonchev–Trinajstić information content (AvgIpc) is 1.67. The number of unbranched alkanes of at least 4 members (excludes halogenated alkanes) is 2. The first-order valence-electron chi connectivity index (χ1n) is 47.4. The minimum atomic E-state index is -1.92. The molecule has 15 atom stereocenters. The van der Waals surface area contributed by atoms with Crippen LogP contribution in [-0.2, 0) is 114 Å². The number of aliphatic hydroxyl groups is 3. The van der Waals surface area contributed by atoms with Crippen molar-refractivity contribution >= 4 is 128 Å². The zero-order valence-corrected chi connectivity index (χ0v) is 80.5. The normalized spacial score (nSPS) is 14.4. The number of guanidine groups is 1. The van der Waals surface area contributed by atoms with Crippen LogP contribution in [0.3, 0.4) is 0 Å². The SMILES string of the molecule is CC(C)C[C@H](NC(=O)[C@H](Cc1ccc(O)cc1)NC(=O)[C@H](Cc1c[nH]c2ccccc12)NC(=O)[C@H](Cc1ccc(O)cc1)NC(=O)[C@H](CO)NC(=O)[C@H](CCCCN)NC(=O)[C@H](CC(C)C)NC(=O)[C@H](CO)NC(=O)[C@@H](N)CC(=O)O)C(=O)N[C@@H](CCC(N)=O)C(=O)N[C@@H](CCCCN)C(=O)N[C@@H](Cc1ccccc1)C(=O)N[C@@H](CO)C(=O)N[C@@H](Cc1c[nH]c2ccccc12)C(=O)N[C@@H](CCCNC(=N)N)C(=O)O. The van der Waals surface area contributed by atoms with E-state index in [0.29, 0.717) is 56.0 Å². The molecule has 47 heteroatoms. The van der Waals surface area contributed by atoms with Crippen LogP contribution >= 0.6 is 0 Å². The van der Waals surface area contributed by atoms with Gasteiger partial charge in [0.15, 0.2) is 5.96 Å². The number of carboxylic acid groups (broad SMARTS) is 2. The number of para-hydroxylation sites is 2. The number of aromatic amines is 2. The molecule has 7 aromatic rings. The summed E-state index contributed by atoms with van der Waals surface area (Å²) in [6.07, 6.45) is -0.186. The van der Waals surface area contributed by atoms with Gasteiger partial charge in [-0.05, 0) is 160 Å². The summed E-state index contributed by atoms with van der Waals surface area (Å²) >= 11 is 0. The largest absolute Gasteiger partial charge is 0.508 e. The average molecular weight is 2010 g/mol. The van der Waals surface area contributed by atoms with Crippen LogP contribution in [0.1, 0.15) is 139 Å². The molecule has 0 fully saturated rings. The van der Waals surface area contributed by atoms with Gasteiger partial charge in [-0.1, -0.05) is 119 Å². The Hall–Kier alpha value is -15.2. The van der Waals surface area contributed by atoms with Gasteiger partial charge in [0.2, 0.25) is 88.6 Å². The van der Waals surface area contributed by atoms with Gasteiger partial charge in [-0.2, -0.15) is 0 Å². The van der Waals surface area contributed by atoms with E-state index in [9.17, 15) is 83.4 Å². The Morgan fingerprint density at radius 3 is 0.972 bits per heavy atom. The quantitative estimate of drug-likeness (QED) is 0.00984. The molecule has 0 aliphatic carbocycles. The molecule has 144 heavy (non-hydrogen) atoms. The molecule has 0 spiro atoms. The van der Waals surface area contributed by atoms with Gasteiger partial charge in [-0.25, -0.2) is 4.79 Å². The molecule has 47 nitrogen and oxygen atoms in total. The van der Waals surface area contributed by atoms with E-state index in [1.165, 1.54) is 48.5 Å². The molecule has 0 bridgehead atoms. The molecular weight excluding hydrogens is 1870 g/mol. The molecule has 2 heterocycles. The van der Waals surface area contributed by atoms with Gasteiger partial charge in [0.05, 0.1) is 32.3 Å².